The summed E-state index contributed by atoms with van der Waals surface area (Å²) in [7, 11) is 0. The number of Topliss-reactive ketones (excluding diaryl/α,β-unsaturated/α-hetero) is 1. The molecule has 0 saturated heterocycles. The van der Waals surface area contributed by atoms with E-state index in [9.17, 15) is 25.2 Å². The molecule has 8 atom stereocenters. The lowest BCUT2D eigenvalue weighted by molar-refractivity contribution is -0.278. The highest BCUT2D eigenvalue weighted by molar-refractivity contribution is 5.87. The fourth-order valence-electron chi connectivity index (χ4n) is 7.14. The Hall–Kier alpha value is -0.490. The molecule has 5 heteroatoms. The van der Waals surface area contributed by atoms with E-state index < -0.39 is 23.2 Å². The van der Waals surface area contributed by atoms with Crippen LogP contribution in [0.25, 0.3) is 0 Å². The van der Waals surface area contributed by atoms with E-state index in [1.54, 1.807) is 0 Å². The van der Waals surface area contributed by atoms with Gasteiger partial charge in [0.25, 0.3) is 0 Å². The van der Waals surface area contributed by atoms with Crippen LogP contribution in [0.2, 0.25) is 0 Å². The average molecular weight is 338 g/mol. The Labute approximate surface area is 143 Å². The van der Waals surface area contributed by atoms with Gasteiger partial charge in [0.2, 0.25) is 0 Å². The Morgan fingerprint density at radius 1 is 1.12 bits per heavy atom. The minimum Gasteiger partial charge on any atom is -0.396 e. The summed E-state index contributed by atoms with van der Waals surface area (Å²) in [5, 5.41) is 42.6. The predicted molar refractivity (Wildman–Crippen MR) is 87.0 cm³/mol. The van der Waals surface area contributed by atoms with Crippen LogP contribution in [0, 0.1) is 28.6 Å². The van der Waals surface area contributed by atoms with Crippen molar-refractivity contribution in [1.29, 1.82) is 0 Å². The molecule has 0 aromatic rings. The van der Waals surface area contributed by atoms with Gasteiger partial charge in [-0.15, -0.1) is 0 Å². The third-order valence-corrected chi connectivity index (χ3v) is 8.52. The Morgan fingerprint density at radius 3 is 2.58 bits per heavy atom. The van der Waals surface area contributed by atoms with Crippen molar-refractivity contribution in [2.75, 3.05) is 6.61 Å². The molecule has 4 N–H and O–H groups in total. The molecular formula is C19H30O5. The first-order chi connectivity index (χ1) is 11.3. The van der Waals surface area contributed by atoms with Gasteiger partial charge in [-0.1, -0.05) is 6.92 Å². The first-order valence-corrected chi connectivity index (χ1v) is 9.51. The Balaban J connectivity index is 1.75. The van der Waals surface area contributed by atoms with Gasteiger partial charge < -0.3 is 20.4 Å². The van der Waals surface area contributed by atoms with Crippen molar-refractivity contribution in [2.45, 2.75) is 76.1 Å². The summed E-state index contributed by atoms with van der Waals surface area (Å²) in [5.41, 5.74) is -2.46. The number of carbonyl (C=O) groups is 1. The molecule has 24 heavy (non-hydrogen) atoms. The third-order valence-electron chi connectivity index (χ3n) is 8.52. The second-order valence-electron chi connectivity index (χ2n) is 9.18. The van der Waals surface area contributed by atoms with Gasteiger partial charge in [-0.3, -0.25) is 4.79 Å². The smallest absolute Gasteiger partial charge is 0.139 e. The minimum atomic E-state index is -1.42. The van der Waals surface area contributed by atoms with E-state index in [0.29, 0.717) is 31.5 Å². The summed E-state index contributed by atoms with van der Waals surface area (Å²) in [6.07, 6.45) is 3.25. The van der Waals surface area contributed by atoms with Crippen molar-refractivity contribution in [2.24, 2.45) is 28.6 Å². The highest BCUT2D eigenvalue weighted by atomic mass is 16.4. The summed E-state index contributed by atoms with van der Waals surface area (Å²) >= 11 is 0. The number of rotatable bonds is 1. The van der Waals surface area contributed by atoms with Crippen molar-refractivity contribution in [3.63, 3.8) is 0 Å². The van der Waals surface area contributed by atoms with E-state index >= 15 is 0 Å². The molecule has 0 bridgehead atoms. The molecule has 4 rings (SSSR count). The molecule has 0 heterocycles. The summed E-state index contributed by atoms with van der Waals surface area (Å²) in [4.78, 5) is 12.4. The van der Waals surface area contributed by atoms with Gasteiger partial charge in [0.05, 0.1) is 18.8 Å². The minimum absolute atomic E-state index is 0.118. The normalized spacial score (nSPS) is 57.2. The highest BCUT2D eigenvalue weighted by Crippen LogP contribution is 2.66. The van der Waals surface area contributed by atoms with Crippen LogP contribution >= 0.6 is 0 Å². The quantitative estimate of drug-likeness (QED) is 0.572. The molecule has 0 radical (unpaired) electrons. The van der Waals surface area contributed by atoms with Crippen LogP contribution in [-0.2, 0) is 4.79 Å². The molecular weight excluding hydrogens is 308 g/mol. The number of aliphatic hydroxyl groups is 4. The second kappa shape index (κ2) is 5.26. The van der Waals surface area contributed by atoms with Gasteiger partial charge in [-0.25, -0.2) is 0 Å². The maximum absolute atomic E-state index is 12.4. The molecule has 4 fully saturated rings. The molecule has 4 saturated carbocycles. The zero-order chi connectivity index (χ0) is 17.3. The molecule has 0 unspecified atom stereocenters. The predicted octanol–water partition coefficient (Wildman–Crippen LogP) is 1.02. The van der Waals surface area contributed by atoms with Crippen LogP contribution in [-0.4, -0.2) is 50.6 Å². The molecule has 0 spiro atoms. The van der Waals surface area contributed by atoms with Gasteiger partial charge in [0.15, 0.2) is 0 Å². The Bertz CT molecular complexity index is 550. The lowest BCUT2D eigenvalue weighted by Crippen LogP contribution is -2.70. The summed E-state index contributed by atoms with van der Waals surface area (Å²) in [5.74, 6) is 0.886. The van der Waals surface area contributed by atoms with Crippen LogP contribution in [0.1, 0.15) is 58.3 Å². The highest BCUT2D eigenvalue weighted by Gasteiger charge is 2.68. The lowest BCUT2D eigenvalue weighted by atomic mass is 9.42. The van der Waals surface area contributed by atoms with E-state index in [1.807, 2.05) is 0 Å². The molecule has 0 amide bonds. The number of carbonyl (C=O) groups excluding carboxylic acids is 1. The molecule has 0 aromatic carbocycles. The average Bonchev–Trinajstić information content (AvgIpc) is 2.84. The van der Waals surface area contributed by atoms with Crippen molar-refractivity contribution in [3.05, 3.63) is 0 Å². The van der Waals surface area contributed by atoms with Gasteiger partial charge in [-0.05, 0) is 56.3 Å². The Kier molecular flexibility index (Phi) is 3.71. The van der Waals surface area contributed by atoms with Crippen LogP contribution in [0.4, 0.5) is 0 Å². The van der Waals surface area contributed by atoms with E-state index in [1.165, 1.54) is 0 Å². The van der Waals surface area contributed by atoms with Crippen molar-refractivity contribution < 1.29 is 25.2 Å². The number of hydrogen-bond acceptors (Lipinski definition) is 5. The van der Waals surface area contributed by atoms with Gasteiger partial charge in [-0.2, -0.15) is 0 Å². The Morgan fingerprint density at radius 2 is 1.88 bits per heavy atom. The van der Waals surface area contributed by atoms with E-state index in [0.717, 1.165) is 19.3 Å². The fourth-order valence-corrected chi connectivity index (χ4v) is 7.14. The molecule has 4 aliphatic carbocycles. The summed E-state index contributed by atoms with van der Waals surface area (Å²) in [6, 6.07) is 0. The topological polar surface area (TPSA) is 98.0 Å². The van der Waals surface area contributed by atoms with Gasteiger partial charge >= 0.3 is 0 Å². The zero-order valence-electron chi connectivity index (χ0n) is 14.4. The molecule has 136 valence electrons. The number of ketones is 1. The zero-order valence-corrected chi connectivity index (χ0v) is 14.4. The monoisotopic (exact) mass is 338 g/mol. The van der Waals surface area contributed by atoms with Crippen molar-refractivity contribution in [3.8, 4) is 0 Å². The van der Waals surface area contributed by atoms with E-state index in [-0.39, 0.29) is 36.2 Å². The molecule has 4 aliphatic rings. The fraction of sp³-hybridized carbons (Fsp3) is 0.947. The number of fused-ring (bicyclic) bond motifs is 5. The maximum atomic E-state index is 12.4. The number of aliphatic hydroxyl groups excluding tert-OH is 3. The van der Waals surface area contributed by atoms with Crippen LogP contribution < -0.4 is 0 Å². The van der Waals surface area contributed by atoms with E-state index in [2.05, 4.69) is 6.92 Å². The first-order valence-electron chi connectivity index (χ1n) is 9.51. The van der Waals surface area contributed by atoms with Gasteiger partial charge in [0.1, 0.15) is 11.4 Å². The molecule has 0 aliphatic heterocycles. The second-order valence-corrected chi connectivity index (χ2v) is 9.18. The van der Waals surface area contributed by atoms with Gasteiger partial charge in [0, 0.05) is 23.7 Å². The molecule has 5 nitrogen and oxygen atoms in total. The number of hydrogen-bond donors (Lipinski definition) is 4. The van der Waals surface area contributed by atoms with Crippen LogP contribution in [0.3, 0.4) is 0 Å². The standard InChI is InChI=1S/C19H30O5/c1-17-6-5-14-12(13(17)2-3-15(17)22)8-16(23)19(24)9-11(21)4-7-18(14,19)10-20/h11-14,16,20-21,23-24H,2-10H2,1H3/t11-,12-,13-,14-,16+,17-,18-,19-/m0/s1. The summed E-state index contributed by atoms with van der Waals surface area (Å²) in [6.45, 7) is 1.92. The van der Waals surface area contributed by atoms with Crippen LogP contribution in [0.15, 0.2) is 0 Å². The maximum Gasteiger partial charge on any atom is 0.139 e. The van der Waals surface area contributed by atoms with E-state index in [4.69, 9.17) is 0 Å². The SMILES string of the molecule is C[C@]12CC[C@H]3[C@@H](C[C@@H](O)[C@@]4(O)C[C@@H](O)CC[C@]34CO)[C@@H]1CCC2=O. The summed E-state index contributed by atoms with van der Waals surface area (Å²) < 4.78 is 0. The van der Waals surface area contributed by atoms with Crippen LogP contribution in [0.5, 0.6) is 0 Å². The van der Waals surface area contributed by atoms with Crippen molar-refractivity contribution >= 4 is 5.78 Å². The third kappa shape index (κ3) is 1.87. The first kappa shape index (κ1) is 17.0. The largest absolute Gasteiger partial charge is 0.396 e. The van der Waals surface area contributed by atoms with Crippen molar-refractivity contribution in [1.82, 2.24) is 0 Å². The lowest BCUT2D eigenvalue weighted by Gasteiger charge is -2.65. The molecule has 0 aromatic heterocycles.